The van der Waals surface area contributed by atoms with Crippen LogP contribution in [0.3, 0.4) is 0 Å². The predicted molar refractivity (Wildman–Crippen MR) is 120 cm³/mol. The average Bonchev–Trinajstić information content (AvgIpc) is 2.82. The minimum atomic E-state index is -0.544. The maximum atomic E-state index is 15.3. The second-order valence-corrected chi connectivity index (χ2v) is 7.22. The molecule has 32 heavy (non-hydrogen) atoms. The van der Waals surface area contributed by atoms with Gasteiger partial charge in [0.15, 0.2) is 5.82 Å². The highest BCUT2D eigenvalue weighted by Crippen LogP contribution is 2.39. The summed E-state index contributed by atoms with van der Waals surface area (Å²) in [5.74, 6) is 0.667. The Labute approximate surface area is 182 Å². The third-order valence-electron chi connectivity index (χ3n) is 5.31. The Morgan fingerprint density at radius 2 is 2.09 bits per heavy atom. The number of fused-ring (bicyclic) bond motifs is 2. The van der Waals surface area contributed by atoms with Gasteiger partial charge in [0, 0.05) is 41.6 Å². The van der Waals surface area contributed by atoms with Crippen molar-refractivity contribution in [2.45, 2.75) is 6.92 Å². The molecule has 5 rings (SSSR count). The number of ether oxygens (including phenoxy) is 2. The summed E-state index contributed by atoms with van der Waals surface area (Å²) in [4.78, 5) is 17.3. The van der Waals surface area contributed by atoms with E-state index < -0.39 is 5.82 Å². The first-order valence-electron chi connectivity index (χ1n) is 9.94. The van der Waals surface area contributed by atoms with E-state index in [9.17, 15) is 0 Å². The number of rotatable bonds is 4. The molecule has 3 aromatic heterocycles. The summed E-state index contributed by atoms with van der Waals surface area (Å²) < 4.78 is 26.1. The SMILES string of the molecule is COc1ncccc1Nc1ncc2c(N)c(F)c(-c3cnc4c(c3C)NCCO4)cc2n1. The van der Waals surface area contributed by atoms with Crippen LogP contribution in [-0.2, 0) is 0 Å². The first kappa shape index (κ1) is 19.7. The van der Waals surface area contributed by atoms with Crippen molar-refractivity contribution in [2.24, 2.45) is 0 Å². The Bertz CT molecular complexity index is 1350. The molecular formula is C22H20FN7O2. The van der Waals surface area contributed by atoms with Crippen molar-refractivity contribution in [3.8, 4) is 22.9 Å². The normalized spacial score (nSPS) is 12.6. The van der Waals surface area contributed by atoms with Crippen LogP contribution in [0.15, 0.2) is 36.8 Å². The molecule has 1 aliphatic rings. The molecule has 0 atom stereocenters. The van der Waals surface area contributed by atoms with Crippen molar-refractivity contribution < 1.29 is 13.9 Å². The van der Waals surface area contributed by atoms with Crippen LogP contribution >= 0.6 is 0 Å². The molecule has 162 valence electrons. The zero-order valence-corrected chi connectivity index (χ0v) is 17.4. The van der Waals surface area contributed by atoms with Gasteiger partial charge < -0.3 is 25.8 Å². The van der Waals surface area contributed by atoms with Gasteiger partial charge in [-0.05, 0) is 30.7 Å². The van der Waals surface area contributed by atoms with Crippen LogP contribution in [0, 0.1) is 12.7 Å². The number of nitrogen functional groups attached to an aromatic ring is 1. The third-order valence-corrected chi connectivity index (χ3v) is 5.31. The fourth-order valence-corrected chi connectivity index (χ4v) is 3.69. The van der Waals surface area contributed by atoms with Crippen molar-refractivity contribution in [3.05, 3.63) is 48.2 Å². The van der Waals surface area contributed by atoms with Crippen LogP contribution in [0.4, 0.5) is 27.4 Å². The molecule has 0 aliphatic carbocycles. The Balaban J connectivity index is 1.61. The molecule has 10 heteroatoms. The average molecular weight is 433 g/mol. The summed E-state index contributed by atoms with van der Waals surface area (Å²) in [5.41, 5.74) is 9.67. The molecule has 1 aliphatic heterocycles. The van der Waals surface area contributed by atoms with Crippen LogP contribution in [0.25, 0.3) is 22.0 Å². The molecule has 0 amide bonds. The maximum Gasteiger partial charge on any atom is 0.237 e. The summed E-state index contributed by atoms with van der Waals surface area (Å²) in [6, 6.07) is 5.20. The van der Waals surface area contributed by atoms with Gasteiger partial charge in [0.05, 0.1) is 18.3 Å². The van der Waals surface area contributed by atoms with Gasteiger partial charge in [-0.15, -0.1) is 0 Å². The smallest absolute Gasteiger partial charge is 0.237 e. The van der Waals surface area contributed by atoms with Gasteiger partial charge in [-0.3, -0.25) is 0 Å². The number of nitrogens with one attached hydrogen (secondary N) is 2. The van der Waals surface area contributed by atoms with E-state index in [0.29, 0.717) is 58.6 Å². The lowest BCUT2D eigenvalue weighted by Gasteiger charge is -2.22. The molecular weight excluding hydrogens is 413 g/mol. The number of hydrogen-bond acceptors (Lipinski definition) is 9. The van der Waals surface area contributed by atoms with Crippen LogP contribution < -0.4 is 25.8 Å². The van der Waals surface area contributed by atoms with Crippen molar-refractivity contribution in [3.63, 3.8) is 0 Å². The summed E-state index contributed by atoms with van der Waals surface area (Å²) >= 11 is 0. The number of benzene rings is 1. The van der Waals surface area contributed by atoms with Crippen molar-refractivity contribution in [2.75, 3.05) is 36.6 Å². The van der Waals surface area contributed by atoms with Crippen LogP contribution in [-0.4, -0.2) is 40.2 Å². The highest BCUT2D eigenvalue weighted by atomic mass is 19.1. The lowest BCUT2D eigenvalue weighted by Crippen LogP contribution is -2.20. The van der Waals surface area contributed by atoms with E-state index in [2.05, 4.69) is 30.6 Å². The summed E-state index contributed by atoms with van der Waals surface area (Å²) in [5, 5.41) is 6.76. The van der Waals surface area contributed by atoms with Crippen LogP contribution in [0.5, 0.6) is 11.8 Å². The van der Waals surface area contributed by atoms with E-state index in [-0.39, 0.29) is 5.69 Å². The number of pyridine rings is 2. The second-order valence-electron chi connectivity index (χ2n) is 7.22. The summed E-state index contributed by atoms with van der Waals surface area (Å²) in [7, 11) is 1.53. The Kier molecular flexibility index (Phi) is 4.81. The fourth-order valence-electron chi connectivity index (χ4n) is 3.69. The summed E-state index contributed by atoms with van der Waals surface area (Å²) in [6.07, 6.45) is 4.70. The molecule has 0 saturated carbocycles. The van der Waals surface area contributed by atoms with E-state index in [1.54, 1.807) is 30.6 Å². The Morgan fingerprint density at radius 1 is 1.22 bits per heavy atom. The third kappa shape index (κ3) is 3.25. The highest BCUT2D eigenvalue weighted by molar-refractivity contribution is 5.96. The van der Waals surface area contributed by atoms with Gasteiger partial charge in [0.25, 0.3) is 0 Å². The second kappa shape index (κ2) is 7.80. The molecule has 0 fully saturated rings. The van der Waals surface area contributed by atoms with Crippen molar-refractivity contribution in [1.29, 1.82) is 0 Å². The molecule has 0 bridgehead atoms. The fraction of sp³-hybridized carbons (Fsp3) is 0.182. The van der Waals surface area contributed by atoms with E-state index in [1.165, 1.54) is 13.3 Å². The molecule has 0 saturated heterocycles. The predicted octanol–water partition coefficient (Wildman–Crippen LogP) is 3.67. The van der Waals surface area contributed by atoms with Gasteiger partial charge in [0.2, 0.25) is 17.7 Å². The molecule has 9 nitrogen and oxygen atoms in total. The molecule has 1 aromatic carbocycles. The number of aromatic nitrogens is 4. The first-order chi connectivity index (χ1) is 15.6. The minimum Gasteiger partial charge on any atom is -0.480 e. The van der Waals surface area contributed by atoms with Gasteiger partial charge in [-0.2, -0.15) is 0 Å². The van der Waals surface area contributed by atoms with Crippen LogP contribution in [0.2, 0.25) is 0 Å². The van der Waals surface area contributed by atoms with Gasteiger partial charge in [-0.25, -0.2) is 24.3 Å². The Hall–Kier alpha value is -4.21. The van der Waals surface area contributed by atoms with Gasteiger partial charge >= 0.3 is 0 Å². The zero-order valence-electron chi connectivity index (χ0n) is 17.4. The lowest BCUT2D eigenvalue weighted by molar-refractivity contribution is 0.310. The number of nitrogens with two attached hydrogens (primary N) is 1. The highest BCUT2D eigenvalue weighted by Gasteiger charge is 2.21. The number of halogens is 1. The van der Waals surface area contributed by atoms with Crippen molar-refractivity contribution >= 4 is 33.9 Å². The molecule has 4 heterocycles. The molecule has 4 aromatic rings. The molecule has 0 radical (unpaired) electrons. The number of methoxy groups -OCH3 is 1. The monoisotopic (exact) mass is 433 g/mol. The first-order valence-corrected chi connectivity index (χ1v) is 9.94. The van der Waals surface area contributed by atoms with E-state index in [4.69, 9.17) is 15.2 Å². The number of anilines is 4. The van der Waals surface area contributed by atoms with E-state index >= 15 is 4.39 Å². The lowest BCUT2D eigenvalue weighted by atomic mass is 9.98. The standard InChI is InChI=1S/C22H20FN7O2/c1-11-13(9-27-21-19(11)25-6-7-32-21)12-8-16-14(18(24)17(12)23)10-28-22(30-16)29-15-4-3-5-26-20(15)31-2/h3-5,8-10,25H,6-7,24H2,1-2H3,(H,28,29,30). The number of nitrogens with zero attached hydrogens (tertiary/aromatic N) is 4. The van der Waals surface area contributed by atoms with Gasteiger partial charge in [-0.1, -0.05) is 0 Å². The van der Waals surface area contributed by atoms with Crippen LogP contribution in [0.1, 0.15) is 5.56 Å². The molecule has 4 N–H and O–H groups in total. The topological polar surface area (TPSA) is 120 Å². The quantitative estimate of drug-likeness (QED) is 0.414. The summed E-state index contributed by atoms with van der Waals surface area (Å²) in [6.45, 7) is 3.07. The Morgan fingerprint density at radius 3 is 2.94 bits per heavy atom. The van der Waals surface area contributed by atoms with E-state index in [1.807, 2.05) is 6.92 Å². The minimum absolute atomic E-state index is 0.0238. The van der Waals surface area contributed by atoms with Crippen molar-refractivity contribution in [1.82, 2.24) is 19.9 Å². The molecule has 0 unspecified atom stereocenters. The van der Waals surface area contributed by atoms with Gasteiger partial charge in [0.1, 0.15) is 18.0 Å². The molecule has 0 spiro atoms. The zero-order chi connectivity index (χ0) is 22.2. The van der Waals surface area contributed by atoms with E-state index in [0.717, 1.165) is 11.3 Å². The maximum absolute atomic E-state index is 15.3. The largest absolute Gasteiger partial charge is 0.480 e. The number of hydrogen-bond donors (Lipinski definition) is 3.